The molecule has 0 aliphatic rings. The Kier molecular flexibility index (Phi) is 2.90. The van der Waals surface area contributed by atoms with Crippen LogP contribution >= 0.6 is 11.6 Å². The minimum atomic E-state index is -0.345. The van der Waals surface area contributed by atoms with Gasteiger partial charge in [0.05, 0.1) is 5.69 Å². The molecule has 5 heteroatoms. The number of nitrogens with zero attached hydrogens (tertiary/aromatic N) is 2. The summed E-state index contributed by atoms with van der Waals surface area (Å²) >= 11 is 5.79. The summed E-state index contributed by atoms with van der Waals surface area (Å²) in [5.41, 5.74) is 0.696. The van der Waals surface area contributed by atoms with E-state index in [0.29, 0.717) is 10.7 Å². The second-order valence-corrected chi connectivity index (χ2v) is 4.21. The van der Waals surface area contributed by atoms with Crippen molar-refractivity contribution < 1.29 is 0 Å². The summed E-state index contributed by atoms with van der Waals surface area (Å²) in [6.45, 7) is 0. The summed E-state index contributed by atoms with van der Waals surface area (Å²) < 4.78 is 2.50. The molecule has 0 aliphatic heterocycles. The van der Waals surface area contributed by atoms with E-state index in [9.17, 15) is 9.59 Å². The average Bonchev–Trinajstić information content (AvgIpc) is 2.32. The van der Waals surface area contributed by atoms with Crippen molar-refractivity contribution >= 4 is 11.6 Å². The van der Waals surface area contributed by atoms with E-state index in [1.165, 1.54) is 17.7 Å². The minimum absolute atomic E-state index is 0.321. The minimum Gasteiger partial charge on any atom is -0.296 e. The number of hydrogen-bond acceptors (Lipinski definition) is 2. The van der Waals surface area contributed by atoms with Crippen molar-refractivity contribution in [2.24, 2.45) is 14.1 Å². The summed E-state index contributed by atoms with van der Waals surface area (Å²) in [5, 5.41) is 0.614. The molecule has 4 nitrogen and oxygen atoms in total. The lowest BCUT2D eigenvalue weighted by atomic mass is 10.1. The van der Waals surface area contributed by atoms with Crippen molar-refractivity contribution in [1.82, 2.24) is 9.13 Å². The number of halogens is 1. The Morgan fingerprint density at radius 1 is 1.00 bits per heavy atom. The lowest BCUT2D eigenvalue weighted by Gasteiger charge is -2.09. The van der Waals surface area contributed by atoms with Gasteiger partial charge in [-0.25, -0.2) is 4.79 Å². The second-order valence-electron chi connectivity index (χ2n) is 3.78. The quantitative estimate of drug-likeness (QED) is 0.768. The highest BCUT2D eigenvalue weighted by Gasteiger charge is 2.07. The van der Waals surface area contributed by atoms with Gasteiger partial charge in [-0.15, -0.1) is 0 Å². The molecule has 0 aliphatic carbocycles. The first-order valence-electron chi connectivity index (χ1n) is 5.03. The fourth-order valence-electron chi connectivity index (χ4n) is 1.63. The smallest absolute Gasteiger partial charge is 0.296 e. The molecule has 17 heavy (non-hydrogen) atoms. The fourth-order valence-corrected chi connectivity index (χ4v) is 1.76. The first-order chi connectivity index (χ1) is 8.00. The number of rotatable bonds is 1. The molecule has 0 amide bonds. The molecule has 0 spiro atoms. The third-order valence-electron chi connectivity index (χ3n) is 2.67. The van der Waals surface area contributed by atoms with E-state index in [-0.39, 0.29) is 11.2 Å². The standard InChI is InChI=1S/C12H11ClN2O2/c1-14-10(7-11(16)15(2)12(14)17)8-3-5-9(13)6-4-8/h3-7H,1-2H3. The van der Waals surface area contributed by atoms with Crippen LogP contribution in [0, 0.1) is 0 Å². The molecule has 1 heterocycles. The van der Waals surface area contributed by atoms with Crippen LogP contribution in [-0.4, -0.2) is 9.13 Å². The van der Waals surface area contributed by atoms with E-state index >= 15 is 0 Å². The highest BCUT2D eigenvalue weighted by atomic mass is 35.5. The number of benzene rings is 1. The van der Waals surface area contributed by atoms with Crippen LogP contribution in [0.15, 0.2) is 39.9 Å². The predicted octanol–water partition coefficient (Wildman–Crippen LogP) is 1.40. The van der Waals surface area contributed by atoms with Crippen LogP contribution in [0.2, 0.25) is 5.02 Å². The van der Waals surface area contributed by atoms with Crippen LogP contribution in [0.1, 0.15) is 0 Å². The van der Waals surface area contributed by atoms with Gasteiger partial charge in [-0.3, -0.25) is 13.9 Å². The Bertz CT molecular complexity index is 668. The molecule has 1 aromatic carbocycles. The van der Waals surface area contributed by atoms with Gasteiger partial charge >= 0.3 is 5.69 Å². The fraction of sp³-hybridized carbons (Fsp3) is 0.167. The monoisotopic (exact) mass is 250 g/mol. The molecular weight excluding hydrogens is 240 g/mol. The third kappa shape index (κ3) is 2.03. The van der Waals surface area contributed by atoms with Crippen LogP contribution in [-0.2, 0) is 14.1 Å². The van der Waals surface area contributed by atoms with Crippen molar-refractivity contribution in [2.75, 3.05) is 0 Å². The largest absolute Gasteiger partial charge is 0.330 e. The van der Waals surface area contributed by atoms with Crippen molar-refractivity contribution in [3.63, 3.8) is 0 Å². The zero-order valence-electron chi connectivity index (χ0n) is 9.48. The maximum atomic E-state index is 11.8. The van der Waals surface area contributed by atoms with Gasteiger partial charge in [0.1, 0.15) is 0 Å². The average molecular weight is 251 g/mol. The molecule has 0 N–H and O–H groups in total. The maximum absolute atomic E-state index is 11.8. The zero-order valence-corrected chi connectivity index (χ0v) is 10.2. The first-order valence-corrected chi connectivity index (χ1v) is 5.41. The third-order valence-corrected chi connectivity index (χ3v) is 2.92. The van der Waals surface area contributed by atoms with Gasteiger partial charge in [-0.2, -0.15) is 0 Å². The summed E-state index contributed by atoms with van der Waals surface area (Å²) in [7, 11) is 3.09. The van der Waals surface area contributed by atoms with Crippen LogP contribution in [0.5, 0.6) is 0 Å². The van der Waals surface area contributed by atoms with Gasteiger partial charge in [0.15, 0.2) is 0 Å². The van der Waals surface area contributed by atoms with E-state index in [2.05, 4.69) is 0 Å². The van der Waals surface area contributed by atoms with Gasteiger partial charge in [0.2, 0.25) is 0 Å². The molecule has 1 aromatic heterocycles. The Morgan fingerprint density at radius 3 is 2.18 bits per heavy atom. The van der Waals surface area contributed by atoms with Gasteiger partial charge in [0.25, 0.3) is 5.56 Å². The Hall–Kier alpha value is -1.81. The summed E-state index contributed by atoms with van der Waals surface area (Å²) in [6.07, 6.45) is 0. The Morgan fingerprint density at radius 2 is 1.59 bits per heavy atom. The van der Waals surface area contributed by atoms with Crippen molar-refractivity contribution in [3.8, 4) is 11.3 Å². The zero-order chi connectivity index (χ0) is 12.6. The SMILES string of the molecule is Cn1c(-c2ccc(Cl)cc2)cc(=O)n(C)c1=O. The molecule has 0 fully saturated rings. The van der Waals surface area contributed by atoms with Crippen LogP contribution in [0.3, 0.4) is 0 Å². The number of hydrogen-bond donors (Lipinski definition) is 0. The van der Waals surface area contributed by atoms with Crippen molar-refractivity contribution in [3.05, 3.63) is 56.2 Å². The van der Waals surface area contributed by atoms with Crippen LogP contribution < -0.4 is 11.2 Å². The van der Waals surface area contributed by atoms with E-state index in [1.807, 2.05) is 0 Å². The maximum Gasteiger partial charge on any atom is 0.330 e. The molecule has 0 bridgehead atoms. The molecule has 0 saturated heterocycles. The molecule has 0 unspecified atom stereocenters. The highest BCUT2D eigenvalue weighted by molar-refractivity contribution is 6.30. The Balaban J connectivity index is 2.73. The lowest BCUT2D eigenvalue weighted by molar-refractivity contribution is 0.692. The predicted molar refractivity (Wildman–Crippen MR) is 67.4 cm³/mol. The van der Waals surface area contributed by atoms with Crippen molar-refractivity contribution in [2.45, 2.75) is 0 Å². The molecule has 2 rings (SSSR count). The normalized spacial score (nSPS) is 10.5. The molecule has 0 saturated carbocycles. The van der Waals surface area contributed by atoms with Crippen LogP contribution in [0.25, 0.3) is 11.3 Å². The molecule has 88 valence electrons. The van der Waals surface area contributed by atoms with Gasteiger partial charge < -0.3 is 0 Å². The molecule has 0 radical (unpaired) electrons. The molecular formula is C12H11ClN2O2. The van der Waals surface area contributed by atoms with Gasteiger partial charge in [-0.1, -0.05) is 23.7 Å². The second kappa shape index (κ2) is 4.22. The topological polar surface area (TPSA) is 44.0 Å². The Labute approximate surface area is 103 Å². The van der Waals surface area contributed by atoms with E-state index < -0.39 is 0 Å². The van der Waals surface area contributed by atoms with E-state index in [4.69, 9.17) is 11.6 Å². The summed E-state index contributed by atoms with van der Waals surface area (Å²) in [5.74, 6) is 0. The number of aromatic nitrogens is 2. The van der Waals surface area contributed by atoms with E-state index in [0.717, 1.165) is 10.1 Å². The highest BCUT2D eigenvalue weighted by Crippen LogP contribution is 2.18. The van der Waals surface area contributed by atoms with Gasteiger partial charge in [0, 0.05) is 25.2 Å². The lowest BCUT2D eigenvalue weighted by Crippen LogP contribution is -2.36. The molecule has 0 atom stereocenters. The van der Waals surface area contributed by atoms with Gasteiger partial charge in [-0.05, 0) is 17.7 Å². The molecule has 2 aromatic rings. The summed E-state index contributed by atoms with van der Waals surface area (Å²) in [6, 6.07) is 8.43. The van der Waals surface area contributed by atoms with E-state index in [1.54, 1.807) is 31.3 Å². The first kappa shape index (κ1) is 11.7. The summed E-state index contributed by atoms with van der Waals surface area (Å²) in [4.78, 5) is 23.3. The van der Waals surface area contributed by atoms with Crippen LogP contribution in [0.4, 0.5) is 0 Å². The van der Waals surface area contributed by atoms with Crippen molar-refractivity contribution in [1.29, 1.82) is 0 Å².